The number of nitrogens with zero attached hydrogens (tertiary/aromatic N) is 5. The maximum atomic E-state index is 5.15. The van der Waals surface area contributed by atoms with Gasteiger partial charge in [0.15, 0.2) is 5.82 Å². The monoisotopic (exact) mass is 337 g/mol. The smallest absolute Gasteiger partial charge is 0.223 e. The van der Waals surface area contributed by atoms with E-state index in [0.29, 0.717) is 11.8 Å². The van der Waals surface area contributed by atoms with Crippen LogP contribution in [0, 0.1) is 13.8 Å². The molecule has 6 heteroatoms. The van der Waals surface area contributed by atoms with Crippen LogP contribution in [0.1, 0.15) is 41.6 Å². The summed E-state index contributed by atoms with van der Waals surface area (Å²) >= 11 is 0. The summed E-state index contributed by atoms with van der Waals surface area (Å²) in [7, 11) is 0. The van der Waals surface area contributed by atoms with E-state index in [2.05, 4.69) is 45.3 Å². The van der Waals surface area contributed by atoms with Crippen molar-refractivity contribution in [2.24, 2.45) is 0 Å². The zero-order valence-corrected chi connectivity index (χ0v) is 14.7. The SMILES string of the molecule is Cc1nc([C@@H]2CCCN(Cc3ccc(-n4cccn4)cc3C)C2)no1. The maximum Gasteiger partial charge on any atom is 0.223 e. The van der Waals surface area contributed by atoms with E-state index in [0.717, 1.165) is 37.6 Å². The molecule has 0 aliphatic carbocycles. The second kappa shape index (κ2) is 6.80. The molecule has 0 bridgehead atoms. The van der Waals surface area contributed by atoms with Gasteiger partial charge in [-0.1, -0.05) is 11.2 Å². The molecule has 1 aliphatic heterocycles. The van der Waals surface area contributed by atoms with Gasteiger partial charge in [0.2, 0.25) is 5.89 Å². The van der Waals surface area contributed by atoms with Gasteiger partial charge >= 0.3 is 0 Å². The van der Waals surface area contributed by atoms with Crippen LogP contribution in [0.25, 0.3) is 5.69 Å². The van der Waals surface area contributed by atoms with Crippen molar-refractivity contribution >= 4 is 0 Å². The highest BCUT2D eigenvalue weighted by Gasteiger charge is 2.25. The first-order valence-corrected chi connectivity index (χ1v) is 8.81. The van der Waals surface area contributed by atoms with E-state index < -0.39 is 0 Å². The van der Waals surface area contributed by atoms with Crippen molar-refractivity contribution in [3.63, 3.8) is 0 Å². The number of piperidine rings is 1. The van der Waals surface area contributed by atoms with E-state index in [9.17, 15) is 0 Å². The summed E-state index contributed by atoms with van der Waals surface area (Å²) in [6.07, 6.45) is 6.07. The van der Waals surface area contributed by atoms with Gasteiger partial charge in [-0.3, -0.25) is 4.90 Å². The molecule has 3 aromatic rings. The normalized spacial score (nSPS) is 18.6. The Balaban J connectivity index is 1.46. The molecule has 0 amide bonds. The van der Waals surface area contributed by atoms with E-state index >= 15 is 0 Å². The van der Waals surface area contributed by atoms with Crippen molar-refractivity contribution in [3.8, 4) is 5.69 Å². The van der Waals surface area contributed by atoms with Crippen LogP contribution >= 0.6 is 0 Å². The summed E-state index contributed by atoms with van der Waals surface area (Å²) in [5, 5.41) is 8.42. The lowest BCUT2D eigenvalue weighted by molar-refractivity contribution is 0.194. The van der Waals surface area contributed by atoms with Crippen molar-refractivity contribution in [2.45, 2.75) is 39.2 Å². The summed E-state index contributed by atoms with van der Waals surface area (Å²) in [6.45, 7) is 7.08. The molecule has 6 nitrogen and oxygen atoms in total. The van der Waals surface area contributed by atoms with Crippen LogP contribution in [0.4, 0.5) is 0 Å². The highest BCUT2D eigenvalue weighted by Crippen LogP contribution is 2.26. The maximum absolute atomic E-state index is 5.15. The van der Waals surface area contributed by atoms with E-state index in [1.807, 2.05) is 23.9 Å². The predicted molar refractivity (Wildman–Crippen MR) is 94.6 cm³/mol. The molecule has 130 valence electrons. The Kier molecular flexibility index (Phi) is 4.36. The van der Waals surface area contributed by atoms with Crippen molar-refractivity contribution in [3.05, 3.63) is 59.5 Å². The fourth-order valence-corrected chi connectivity index (χ4v) is 3.55. The first-order valence-electron chi connectivity index (χ1n) is 8.81. The average Bonchev–Trinajstić information content (AvgIpc) is 3.29. The van der Waals surface area contributed by atoms with Crippen molar-refractivity contribution in [1.82, 2.24) is 24.8 Å². The molecule has 4 rings (SSSR count). The number of benzene rings is 1. The minimum atomic E-state index is 0.370. The molecule has 0 spiro atoms. The summed E-state index contributed by atoms with van der Waals surface area (Å²) < 4.78 is 7.05. The Bertz CT molecular complexity index is 839. The van der Waals surface area contributed by atoms with Gasteiger partial charge in [-0.2, -0.15) is 10.1 Å². The third-order valence-corrected chi connectivity index (χ3v) is 4.90. The highest BCUT2D eigenvalue weighted by atomic mass is 16.5. The molecule has 0 saturated carbocycles. The van der Waals surface area contributed by atoms with Crippen LogP contribution < -0.4 is 0 Å². The first-order chi connectivity index (χ1) is 12.2. The zero-order chi connectivity index (χ0) is 17.2. The van der Waals surface area contributed by atoms with Gasteiger partial charge in [0.1, 0.15) is 0 Å². The number of hydrogen-bond donors (Lipinski definition) is 0. The minimum Gasteiger partial charge on any atom is -0.340 e. The number of rotatable bonds is 4. The Labute approximate surface area is 147 Å². The van der Waals surface area contributed by atoms with Gasteiger partial charge in [-0.25, -0.2) is 4.68 Å². The number of aromatic nitrogens is 4. The molecule has 1 aromatic carbocycles. The van der Waals surface area contributed by atoms with Crippen LogP contribution in [0.15, 0.2) is 41.2 Å². The van der Waals surface area contributed by atoms with Gasteiger partial charge < -0.3 is 4.52 Å². The van der Waals surface area contributed by atoms with Gasteiger partial charge in [0, 0.05) is 38.3 Å². The van der Waals surface area contributed by atoms with Crippen molar-refractivity contribution < 1.29 is 4.52 Å². The second-order valence-electron chi connectivity index (χ2n) is 6.81. The molecule has 1 atom stereocenters. The third kappa shape index (κ3) is 3.49. The summed E-state index contributed by atoms with van der Waals surface area (Å²) in [5.41, 5.74) is 3.76. The Morgan fingerprint density at radius 2 is 2.20 bits per heavy atom. The van der Waals surface area contributed by atoms with Crippen LogP contribution in [-0.2, 0) is 6.54 Å². The number of aryl methyl sites for hydroxylation is 2. The fourth-order valence-electron chi connectivity index (χ4n) is 3.55. The van der Waals surface area contributed by atoms with Gasteiger partial charge in [-0.05, 0) is 55.6 Å². The standard InChI is InChI=1S/C19H23N5O/c1-14-11-18(24-10-4-8-20-24)7-6-16(14)12-23-9-3-5-17(13-23)19-21-15(2)25-22-19/h4,6-8,10-11,17H,3,5,9,12-13H2,1-2H3/t17-/m1/s1. The molecular formula is C19H23N5O. The topological polar surface area (TPSA) is 60.0 Å². The Morgan fingerprint density at radius 1 is 1.28 bits per heavy atom. The summed E-state index contributed by atoms with van der Waals surface area (Å²) in [4.78, 5) is 6.92. The van der Waals surface area contributed by atoms with Crippen LogP contribution in [0.2, 0.25) is 0 Å². The number of hydrogen-bond acceptors (Lipinski definition) is 5. The summed E-state index contributed by atoms with van der Waals surface area (Å²) in [6, 6.07) is 8.50. The lowest BCUT2D eigenvalue weighted by Crippen LogP contribution is -2.34. The molecule has 0 unspecified atom stereocenters. The number of likely N-dealkylation sites (tertiary alicyclic amines) is 1. The molecular weight excluding hydrogens is 314 g/mol. The Hall–Kier alpha value is -2.47. The van der Waals surface area contributed by atoms with Crippen LogP contribution in [-0.4, -0.2) is 37.9 Å². The quantitative estimate of drug-likeness (QED) is 0.731. The van der Waals surface area contributed by atoms with Crippen molar-refractivity contribution in [2.75, 3.05) is 13.1 Å². The lowest BCUT2D eigenvalue weighted by Gasteiger charge is -2.31. The largest absolute Gasteiger partial charge is 0.340 e. The Morgan fingerprint density at radius 3 is 2.92 bits per heavy atom. The van der Waals surface area contributed by atoms with E-state index in [1.54, 1.807) is 6.20 Å². The molecule has 1 aliphatic rings. The molecule has 0 N–H and O–H groups in total. The fraction of sp³-hybridized carbons (Fsp3) is 0.421. The van der Waals surface area contributed by atoms with E-state index in [-0.39, 0.29) is 0 Å². The highest BCUT2D eigenvalue weighted by molar-refractivity contribution is 5.39. The van der Waals surface area contributed by atoms with Gasteiger partial charge in [0.25, 0.3) is 0 Å². The van der Waals surface area contributed by atoms with Crippen LogP contribution in [0.3, 0.4) is 0 Å². The second-order valence-corrected chi connectivity index (χ2v) is 6.81. The zero-order valence-electron chi connectivity index (χ0n) is 14.7. The van der Waals surface area contributed by atoms with Gasteiger partial charge in [0.05, 0.1) is 5.69 Å². The molecule has 3 heterocycles. The minimum absolute atomic E-state index is 0.370. The van der Waals surface area contributed by atoms with Crippen LogP contribution in [0.5, 0.6) is 0 Å². The lowest BCUT2D eigenvalue weighted by atomic mass is 9.96. The molecule has 1 saturated heterocycles. The van der Waals surface area contributed by atoms with Crippen molar-refractivity contribution in [1.29, 1.82) is 0 Å². The van der Waals surface area contributed by atoms with E-state index in [1.165, 1.54) is 17.5 Å². The van der Waals surface area contributed by atoms with E-state index in [4.69, 9.17) is 4.52 Å². The molecule has 25 heavy (non-hydrogen) atoms. The molecule has 0 radical (unpaired) electrons. The summed E-state index contributed by atoms with van der Waals surface area (Å²) in [5.74, 6) is 1.87. The van der Waals surface area contributed by atoms with Gasteiger partial charge in [-0.15, -0.1) is 0 Å². The average molecular weight is 337 g/mol. The third-order valence-electron chi connectivity index (χ3n) is 4.90. The predicted octanol–water partition coefficient (Wildman–Crippen LogP) is 3.25. The molecule has 2 aromatic heterocycles. The molecule has 1 fully saturated rings. The first kappa shape index (κ1) is 16.0.